The van der Waals surface area contributed by atoms with Crippen molar-refractivity contribution in [2.45, 2.75) is 90.6 Å². The molecule has 1 fully saturated rings. The van der Waals surface area contributed by atoms with Crippen molar-refractivity contribution in [2.24, 2.45) is 5.41 Å². The molecule has 0 aromatic carbocycles. The third-order valence-corrected chi connectivity index (χ3v) is 10.6. The van der Waals surface area contributed by atoms with Crippen molar-refractivity contribution in [1.29, 1.82) is 0 Å². The van der Waals surface area contributed by atoms with Crippen molar-refractivity contribution in [3.8, 4) is 0 Å². The first kappa shape index (κ1) is 21.2. The Morgan fingerprint density at radius 3 is 2.25 bits per heavy atom. The Kier molecular flexibility index (Phi) is 6.04. The molecule has 1 heterocycles. The van der Waals surface area contributed by atoms with Gasteiger partial charge >= 0.3 is 6.09 Å². The second kappa shape index (κ2) is 6.83. The molecule has 0 spiro atoms. The van der Waals surface area contributed by atoms with E-state index < -0.39 is 19.9 Å². The van der Waals surface area contributed by atoms with Gasteiger partial charge in [0, 0.05) is 6.54 Å². The normalized spacial score (nSPS) is 26.3. The average molecular weight is 356 g/mol. The van der Waals surface area contributed by atoms with Crippen LogP contribution < -0.4 is 0 Å². The number of carbonyl (C=O) groups is 1. The molecule has 1 aliphatic heterocycles. The Bertz CT molecular complexity index is 476. The summed E-state index contributed by atoms with van der Waals surface area (Å²) in [7, 11) is -2.01. The predicted molar refractivity (Wildman–Crippen MR) is 103 cm³/mol. The van der Waals surface area contributed by atoms with E-state index in [0.29, 0.717) is 13.0 Å². The van der Waals surface area contributed by atoms with E-state index in [1.165, 1.54) is 0 Å². The second-order valence-corrected chi connectivity index (χ2v) is 14.4. The van der Waals surface area contributed by atoms with E-state index in [0.717, 1.165) is 12.8 Å². The zero-order chi connectivity index (χ0) is 19.0. The first-order valence-corrected chi connectivity index (χ1v) is 11.9. The van der Waals surface area contributed by atoms with Crippen LogP contribution in [0.1, 0.15) is 60.8 Å². The minimum atomic E-state index is -2.01. The Morgan fingerprint density at radius 2 is 1.88 bits per heavy atom. The summed E-state index contributed by atoms with van der Waals surface area (Å²) in [4.78, 5) is 13.7. The van der Waals surface area contributed by atoms with Crippen LogP contribution >= 0.6 is 0 Å². The summed E-state index contributed by atoms with van der Waals surface area (Å²) in [5, 5.41) is 9.98. The zero-order valence-corrected chi connectivity index (χ0v) is 17.9. The molecule has 0 aliphatic carbocycles. The van der Waals surface area contributed by atoms with Crippen LogP contribution in [-0.4, -0.2) is 42.6 Å². The molecule has 1 aliphatic rings. The molecule has 4 nitrogen and oxygen atoms in total. The zero-order valence-electron chi connectivity index (χ0n) is 16.9. The molecule has 2 atom stereocenters. The number of likely N-dealkylation sites (tertiary alicyclic amines) is 1. The highest BCUT2D eigenvalue weighted by atomic mass is 28.4. The fourth-order valence-electron chi connectivity index (χ4n) is 3.66. The molecule has 0 unspecified atom stereocenters. The van der Waals surface area contributed by atoms with Gasteiger partial charge in [-0.1, -0.05) is 47.6 Å². The predicted octanol–water partition coefficient (Wildman–Crippen LogP) is 5.51. The SMILES string of the molecule is C=CC[C@@]1(C(C)(C)C)[C@@H](O[Si](C)(C)C(C)(C)C)CCCN1C(=O)O. The van der Waals surface area contributed by atoms with Crippen molar-refractivity contribution in [1.82, 2.24) is 4.90 Å². The standard InChI is InChI=1S/C19H37NO3Si/c1-10-13-19(17(2,3)4)15(12-11-14-20(19)16(21)22)23-24(8,9)18(5,6)7/h10,15H,1,11-14H2,2-9H3,(H,21,22)/t15-,19-/m0/s1. The smallest absolute Gasteiger partial charge is 0.407 e. The summed E-state index contributed by atoms with van der Waals surface area (Å²) in [6.45, 7) is 22.0. The molecule has 0 aromatic heterocycles. The number of hydrogen-bond acceptors (Lipinski definition) is 2. The van der Waals surface area contributed by atoms with Gasteiger partial charge in [-0.2, -0.15) is 0 Å². The Morgan fingerprint density at radius 1 is 1.33 bits per heavy atom. The Balaban J connectivity index is 3.43. The van der Waals surface area contributed by atoms with Gasteiger partial charge in [0.25, 0.3) is 0 Å². The number of amides is 1. The third kappa shape index (κ3) is 3.72. The first-order valence-electron chi connectivity index (χ1n) is 9.00. The lowest BCUT2D eigenvalue weighted by molar-refractivity contribution is -0.101. The molecule has 0 aromatic rings. The van der Waals surface area contributed by atoms with Crippen LogP contribution in [0.5, 0.6) is 0 Å². The summed E-state index contributed by atoms with van der Waals surface area (Å²) >= 11 is 0. The monoisotopic (exact) mass is 355 g/mol. The maximum Gasteiger partial charge on any atom is 0.407 e. The molecule has 0 radical (unpaired) electrons. The van der Waals surface area contributed by atoms with Crippen LogP contribution in [-0.2, 0) is 4.43 Å². The topological polar surface area (TPSA) is 49.8 Å². The van der Waals surface area contributed by atoms with Crippen LogP contribution in [0.15, 0.2) is 12.7 Å². The molecular weight excluding hydrogens is 318 g/mol. The van der Waals surface area contributed by atoms with Crippen molar-refractivity contribution >= 4 is 14.4 Å². The van der Waals surface area contributed by atoms with Crippen molar-refractivity contribution in [3.05, 3.63) is 12.7 Å². The molecule has 5 heteroatoms. The summed E-state index contributed by atoms with van der Waals surface area (Å²) in [5.74, 6) is 0. The van der Waals surface area contributed by atoms with E-state index >= 15 is 0 Å². The molecule has 0 bridgehead atoms. The van der Waals surface area contributed by atoms with E-state index in [1.807, 2.05) is 6.08 Å². The third-order valence-electron chi connectivity index (χ3n) is 6.09. The molecule has 0 saturated carbocycles. The van der Waals surface area contributed by atoms with Crippen molar-refractivity contribution < 1.29 is 14.3 Å². The van der Waals surface area contributed by atoms with E-state index in [-0.39, 0.29) is 16.6 Å². The van der Waals surface area contributed by atoms with Gasteiger partial charge in [-0.15, -0.1) is 6.58 Å². The number of piperidine rings is 1. The number of rotatable bonds is 4. The van der Waals surface area contributed by atoms with Gasteiger partial charge in [-0.3, -0.25) is 4.90 Å². The molecule has 1 amide bonds. The van der Waals surface area contributed by atoms with Gasteiger partial charge in [0.1, 0.15) is 0 Å². The minimum Gasteiger partial charge on any atom is -0.465 e. The van der Waals surface area contributed by atoms with E-state index in [1.54, 1.807) is 4.90 Å². The van der Waals surface area contributed by atoms with Gasteiger partial charge in [-0.25, -0.2) is 4.79 Å². The highest BCUT2D eigenvalue weighted by Gasteiger charge is 2.57. The summed E-state index contributed by atoms with van der Waals surface area (Å²) in [6, 6.07) is 0. The fourth-order valence-corrected chi connectivity index (χ4v) is 5.04. The Hall–Kier alpha value is -0.813. The fraction of sp³-hybridized carbons (Fsp3) is 0.842. The van der Waals surface area contributed by atoms with E-state index in [2.05, 4.69) is 61.2 Å². The summed E-state index contributed by atoms with van der Waals surface area (Å²) in [6.07, 6.45) is 3.27. The molecule has 1 N–H and O–H groups in total. The van der Waals surface area contributed by atoms with Gasteiger partial charge in [-0.05, 0) is 42.8 Å². The molecule has 1 saturated heterocycles. The highest BCUT2D eigenvalue weighted by Crippen LogP contribution is 2.49. The van der Waals surface area contributed by atoms with Crippen molar-refractivity contribution in [3.63, 3.8) is 0 Å². The van der Waals surface area contributed by atoms with Gasteiger partial charge in [0.05, 0.1) is 11.6 Å². The number of hydrogen-bond donors (Lipinski definition) is 1. The van der Waals surface area contributed by atoms with Gasteiger partial charge < -0.3 is 9.53 Å². The lowest BCUT2D eigenvalue weighted by Crippen LogP contribution is -2.69. The maximum atomic E-state index is 12.0. The van der Waals surface area contributed by atoms with E-state index in [4.69, 9.17) is 4.43 Å². The van der Waals surface area contributed by atoms with Crippen LogP contribution in [0.3, 0.4) is 0 Å². The van der Waals surface area contributed by atoms with Crippen LogP contribution in [0, 0.1) is 5.41 Å². The highest BCUT2D eigenvalue weighted by molar-refractivity contribution is 6.74. The lowest BCUT2D eigenvalue weighted by atomic mass is 9.64. The largest absolute Gasteiger partial charge is 0.465 e. The van der Waals surface area contributed by atoms with Gasteiger partial charge in [0.15, 0.2) is 8.32 Å². The minimum absolute atomic E-state index is 0.0936. The summed E-state index contributed by atoms with van der Waals surface area (Å²) in [5.41, 5.74) is -0.818. The first-order chi connectivity index (χ1) is 10.7. The van der Waals surface area contributed by atoms with Crippen molar-refractivity contribution in [2.75, 3.05) is 6.54 Å². The van der Waals surface area contributed by atoms with Crippen LogP contribution in [0.2, 0.25) is 18.1 Å². The van der Waals surface area contributed by atoms with Gasteiger partial charge in [0.2, 0.25) is 0 Å². The molecule has 24 heavy (non-hydrogen) atoms. The average Bonchev–Trinajstić information content (AvgIpc) is 2.37. The molecule has 140 valence electrons. The molecular formula is C19H37NO3Si. The quantitative estimate of drug-likeness (QED) is 0.534. The number of nitrogens with zero attached hydrogens (tertiary/aromatic N) is 1. The lowest BCUT2D eigenvalue weighted by Gasteiger charge is -2.59. The summed E-state index contributed by atoms with van der Waals surface area (Å²) < 4.78 is 6.80. The molecule has 1 rings (SSSR count). The Labute approximate surface area is 149 Å². The van der Waals surface area contributed by atoms with Crippen LogP contribution in [0.4, 0.5) is 4.79 Å². The maximum absolute atomic E-state index is 12.0. The van der Waals surface area contributed by atoms with E-state index in [9.17, 15) is 9.90 Å². The second-order valence-electron chi connectivity index (χ2n) is 9.61. The van der Waals surface area contributed by atoms with Crippen LogP contribution in [0.25, 0.3) is 0 Å². The number of carboxylic acid groups (broad SMARTS) is 1.